The van der Waals surface area contributed by atoms with E-state index < -0.39 is 5.79 Å². The van der Waals surface area contributed by atoms with Crippen LogP contribution in [0.3, 0.4) is 0 Å². The van der Waals surface area contributed by atoms with Crippen molar-refractivity contribution in [3.05, 3.63) is 36.4 Å². The molecule has 0 amide bonds. The van der Waals surface area contributed by atoms with Gasteiger partial charge in [-0.2, -0.15) is 0 Å². The molecule has 0 bridgehead atoms. The first-order valence-electron chi connectivity index (χ1n) is 11.0. The summed E-state index contributed by atoms with van der Waals surface area (Å²) in [6.45, 7) is 3.90. The van der Waals surface area contributed by atoms with Crippen molar-refractivity contribution in [2.45, 2.75) is 51.5 Å². The number of hydrogen-bond acceptors (Lipinski definition) is 9. The lowest BCUT2D eigenvalue weighted by Gasteiger charge is -2.13. The van der Waals surface area contributed by atoms with Gasteiger partial charge in [-0.3, -0.25) is 0 Å². The summed E-state index contributed by atoms with van der Waals surface area (Å²) >= 11 is 0. The fourth-order valence-corrected chi connectivity index (χ4v) is 3.94. The third-order valence-corrected chi connectivity index (χ3v) is 5.54. The Kier molecular flexibility index (Phi) is 8.06. The molecule has 0 aliphatic heterocycles. The average molecular weight is 459 g/mol. The summed E-state index contributed by atoms with van der Waals surface area (Å²) in [5.41, 5.74) is 8.50. The molecule has 33 heavy (non-hydrogen) atoms. The summed E-state index contributed by atoms with van der Waals surface area (Å²) < 4.78 is 12.9. The number of aliphatic hydroxyl groups is 2. The first-order chi connectivity index (χ1) is 15.7. The number of anilines is 1. The number of imidazole rings is 1. The highest BCUT2D eigenvalue weighted by atomic mass is 16.5. The molecule has 5 N–H and O–H groups in total. The van der Waals surface area contributed by atoms with Crippen molar-refractivity contribution < 1.29 is 19.7 Å². The van der Waals surface area contributed by atoms with Crippen LogP contribution in [0, 0.1) is 5.92 Å². The molecule has 0 saturated heterocycles. The van der Waals surface area contributed by atoms with E-state index in [4.69, 9.17) is 25.4 Å². The van der Waals surface area contributed by atoms with Crippen molar-refractivity contribution in [1.82, 2.24) is 19.5 Å². The number of methoxy groups -OCH3 is 2. The van der Waals surface area contributed by atoms with Crippen LogP contribution in [-0.2, 0) is 6.54 Å². The van der Waals surface area contributed by atoms with Gasteiger partial charge in [-0.15, -0.1) is 0 Å². The van der Waals surface area contributed by atoms with E-state index >= 15 is 0 Å². The Morgan fingerprint density at radius 3 is 2.55 bits per heavy atom. The minimum Gasteiger partial charge on any atom is -0.497 e. The number of aromatic nitrogens is 4. The molecule has 2 heterocycles. The number of hydrogen-bond donors (Lipinski definition) is 4. The van der Waals surface area contributed by atoms with E-state index in [1.807, 2.05) is 24.5 Å². The van der Waals surface area contributed by atoms with E-state index in [0.29, 0.717) is 18.5 Å². The van der Waals surface area contributed by atoms with E-state index in [1.54, 1.807) is 20.5 Å². The fourth-order valence-electron chi connectivity index (χ4n) is 3.94. The first kappa shape index (κ1) is 24.7. The van der Waals surface area contributed by atoms with Gasteiger partial charge in [0.25, 0.3) is 0 Å². The third-order valence-electron chi connectivity index (χ3n) is 5.54. The van der Waals surface area contributed by atoms with Crippen LogP contribution in [0.2, 0.25) is 0 Å². The molecule has 10 heteroatoms. The Balaban J connectivity index is 0.000000555. The summed E-state index contributed by atoms with van der Waals surface area (Å²) in [6, 6.07) is 6.17. The molecule has 1 saturated carbocycles. The highest BCUT2D eigenvalue weighted by Gasteiger charge is 2.26. The second kappa shape index (κ2) is 10.8. The third kappa shape index (κ3) is 6.53. The van der Waals surface area contributed by atoms with Crippen LogP contribution in [0.5, 0.6) is 11.5 Å². The summed E-state index contributed by atoms with van der Waals surface area (Å²) in [4.78, 5) is 13.5. The van der Waals surface area contributed by atoms with Crippen LogP contribution in [0.4, 0.5) is 5.82 Å². The summed E-state index contributed by atoms with van der Waals surface area (Å²) in [5.74, 6) is 1.33. The molecule has 1 aliphatic rings. The molecule has 0 radical (unpaired) electrons. The number of ether oxygens (including phenoxy) is 2. The molecule has 10 nitrogen and oxygen atoms in total. The van der Waals surface area contributed by atoms with Crippen LogP contribution in [0.1, 0.15) is 44.7 Å². The Hall–Kier alpha value is -2.95. The molecule has 2 aromatic heterocycles. The van der Waals surface area contributed by atoms with Gasteiger partial charge in [0, 0.05) is 24.2 Å². The van der Waals surface area contributed by atoms with Crippen LogP contribution in [0.15, 0.2) is 30.9 Å². The summed E-state index contributed by atoms with van der Waals surface area (Å²) in [7, 11) is 3.29. The molecule has 1 fully saturated rings. The predicted octanol–water partition coefficient (Wildman–Crippen LogP) is 2.46. The first-order valence-corrected chi connectivity index (χ1v) is 11.0. The molecule has 1 aliphatic carbocycles. The van der Waals surface area contributed by atoms with E-state index in [-0.39, 0.29) is 0 Å². The Morgan fingerprint density at radius 2 is 1.91 bits per heavy atom. The fraction of sp³-hybridized carbons (Fsp3) is 0.522. The molecule has 1 aromatic carbocycles. The second-order valence-electron chi connectivity index (χ2n) is 8.64. The quantitative estimate of drug-likeness (QED) is 0.393. The lowest BCUT2D eigenvalue weighted by molar-refractivity contribution is -0.127. The number of nitrogens with zero attached hydrogens (tertiary/aromatic N) is 4. The minimum atomic E-state index is -1.50. The Morgan fingerprint density at radius 1 is 1.15 bits per heavy atom. The smallest absolute Gasteiger partial charge is 0.165 e. The number of nitrogens with one attached hydrogen (secondary N) is 1. The zero-order chi connectivity index (χ0) is 24.0. The maximum atomic E-state index is 8.08. The van der Waals surface area contributed by atoms with E-state index in [0.717, 1.165) is 59.9 Å². The topological polar surface area (TPSA) is 141 Å². The standard InChI is InChI=1S/C20H26N6O2.C3H8O2/c1-27-16-6-4-14(17(8-16)28-2)10-22-19-18-20(24-11-23-19)26(12-25-18)15-5-3-13(7-15)9-21;1-3(2,4)5/h4,6,8,11-13,15H,3,5,7,9-10,21H2,1-2H3,(H,22,23,24);4-5H,1-2H3. The van der Waals surface area contributed by atoms with Crippen molar-refractivity contribution in [2.75, 3.05) is 26.1 Å². The SMILES string of the molecule is CC(C)(O)O.COc1ccc(CNc2ncnc3c2ncn3C2CCC(CN)C2)c(OC)c1. The average Bonchev–Trinajstić information content (AvgIpc) is 3.43. The van der Waals surface area contributed by atoms with Gasteiger partial charge in [-0.05, 0) is 57.7 Å². The van der Waals surface area contributed by atoms with Crippen molar-refractivity contribution in [3.8, 4) is 11.5 Å². The lowest BCUT2D eigenvalue weighted by atomic mass is 10.1. The molecular weight excluding hydrogens is 424 g/mol. The van der Waals surface area contributed by atoms with Crippen molar-refractivity contribution in [2.24, 2.45) is 11.7 Å². The van der Waals surface area contributed by atoms with Crippen molar-refractivity contribution in [1.29, 1.82) is 0 Å². The van der Waals surface area contributed by atoms with Gasteiger partial charge in [0.05, 0.1) is 20.5 Å². The van der Waals surface area contributed by atoms with Crippen LogP contribution >= 0.6 is 0 Å². The maximum absolute atomic E-state index is 8.08. The highest BCUT2D eigenvalue weighted by molar-refractivity contribution is 5.82. The molecule has 2 unspecified atom stereocenters. The Labute approximate surface area is 193 Å². The van der Waals surface area contributed by atoms with E-state index in [2.05, 4.69) is 24.8 Å². The molecule has 0 spiro atoms. The van der Waals surface area contributed by atoms with Crippen molar-refractivity contribution >= 4 is 17.0 Å². The van der Waals surface area contributed by atoms with Gasteiger partial charge >= 0.3 is 0 Å². The van der Waals surface area contributed by atoms with Gasteiger partial charge in [0.15, 0.2) is 17.3 Å². The number of rotatable bonds is 7. The van der Waals surface area contributed by atoms with Gasteiger partial charge in [0.2, 0.25) is 0 Å². The predicted molar refractivity (Wildman–Crippen MR) is 126 cm³/mol. The zero-order valence-electron chi connectivity index (χ0n) is 19.7. The second-order valence-corrected chi connectivity index (χ2v) is 8.64. The van der Waals surface area contributed by atoms with Crippen LogP contribution in [0.25, 0.3) is 11.2 Å². The molecule has 4 rings (SSSR count). The minimum absolute atomic E-state index is 0.406. The van der Waals surface area contributed by atoms with Gasteiger partial charge in [0.1, 0.15) is 23.3 Å². The summed E-state index contributed by atoms with van der Waals surface area (Å²) in [5, 5.41) is 19.5. The lowest BCUT2D eigenvalue weighted by Crippen LogP contribution is -2.15. The van der Waals surface area contributed by atoms with E-state index in [9.17, 15) is 0 Å². The van der Waals surface area contributed by atoms with Crippen LogP contribution < -0.4 is 20.5 Å². The van der Waals surface area contributed by atoms with Gasteiger partial charge in [-0.1, -0.05) is 0 Å². The summed E-state index contributed by atoms with van der Waals surface area (Å²) in [6.07, 6.45) is 6.82. The van der Waals surface area contributed by atoms with Crippen molar-refractivity contribution in [3.63, 3.8) is 0 Å². The zero-order valence-corrected chi connectivity index (χ0v) is 19.7. The molecule has 2 atom stereocenters. The number of nitrogens with two attached hydrogens (primary N) is 1. The largest absolute Gasteiger partial charge is 0.497 e. The molecule has 180 valence electrons. The monoisotopic (exact) mass is 458 g/mol. The van der Waals surface area contributed by atoms with Gasteiger partial charge in [-0.25, -0.2) is 15.0 Å². The number of fused-ring (bicyclic) bond motifs is 1. The normalized spacial score (nSPS) is 18.0. The Bertz CT molecular complexity index is 1040. The van der Waals surface area contributed by atoms with Gasteiger partial charge < -0.3 is 35.3 Å². The van der Waals surface area contributed by atoms with Crippen LogP contribution in [-0.4, -0.2) is 56.3 Å². The highest BCUT2D eigenvalue weighted by Crippen LogP contribution is 2.36. The number of benzene rings is 1. The molecular formula is C23H34N6O4. The molecule has 3 aromatic rings. The van der Waals surface area contributed by atoms with E-state index in [1.165, 1.54) is 13.8 Å². The maximum Gasteiger partial charge on any atom is 0.165 e.